The van der Waals surface area contributed by atoms with E-state index in [9.17, 15) is 9.90 Å². The maximum absolute atomic E-state index is 13.3. The minimum atomic E-state index is -1.59. The molecule has 2 N–H and O–H groups in total. The Bertz CT molecular complexity index is 823. The van der Waals surface area contributed by atoms with E-state index in [0.717, 1.165) is 22.1 Å². The Kier molecular flexibility index (Phi) is 8.67. The molecule has 1 aliphatic heterocycles. The molecule has 5 heteroatoms. The summed E-state index contributed by atoms with van der Waals surface area (Å²) in [4.78, 5) is 15.0. The van der Waals surface area contributed by atoms with Gasteiger partial charge in [0.05, 0.1) is 5.69 Å². The van der Waals surface area contributed by atoms with Gasteiger partial charge in [0.1, 0.15) is 0 Å². The molecule has 1 aromatic carbocycles. The van der Waals surface area contributed by atoms with Crippen molar-refractivity contribution in [2.75, 3.05) is 18.1 Å². The predicted molar refractivity (Wildman–Crippen MR) is 128 cm³/mol. The zero-order chi connectivity index (χ0) is 21.6. The number of fused-ring (bicyclic) bond motifs is 1. The second-order valence-corrected chi connectivity index (χ2v) is 9.19. The lowest BCUT2D eigenvalue weighted by atomic mass is 9.83. The first kappa shape index (κ1) is 23.8. The summed E-state index contributed by atoms with van der Waals surface area (Å²) >= 11 is 2.21. The third kappa shape index (κ3) is 5.58. The Morgan fingerprint density at radius 3 is 2.62 bits per heavy atom. The summed E-state index contributed by atoms with van der Waals surface area (Å²) in [6.45, 7) is 8.62. The Hall–Kier alpha value is -1.44. The molecule has 0 spiro atoms. The van der Waals surface area contributed by atoms with E-state index in [1.807, 2.05) is 37.3 Å². The number of aliphatic hydroxyl groups is 2. The van der Waals surface area contributed by atoms with Crippen LogP contribution in [-0.2, 0) is 10.4 Å². The fourth-order valence-corrected chi connectivity index (χ4v) is 4.04. The SMILES string of the molecule is CC(C)=CCC/C(C)=C/CN1C(=O)[C@](O)([C@H](C)/C=C/CCO)c2cc(I)ccc21. The minimum Gasteiger partial charge on any atom is -0.396 e. The van der Waals surface area contributed by atoms with Gasteiger partial charge in [-0.25, -0.2) is 0 Å². The van der Waals surface area contributed by atoms with Crippen molar-refractivity contribution >= 4 is 34.2 Å². The smallest absolute Gasteiger partial charge is 0.264 e. The lowest BCUT2D eigenvalue weighted by Crippen LogP contribution is -2.44. The van der Waals surface area contributed by atoms with Gasteiger partial charge in [0.25, 0.3) is 5.91 Å². The fraction of sp³-hybridized carbons (Fsp3) is 0.458. The predicted octanol–water partition coefficient (Wildman–Crippen LogP) is 5.09. The summed E-state index contributed by atoms with van der Waals surface area (Å²) < 4.78 is 0.981. The van der Waals surface area contributed by atoms with E-state index in [0.29, 0.717) is 18.5 Å². The van der Waals surface area contributed by atoms with Gasteiger partial charge in [0.2, 0.25) is 0 Å². The second kappa shape index (κ2) is 10.5. The Morgan fingerprint density at radius 1 is 1.24 bits per heavy atom. The van der Waals surface area contributed by atoms with Crippen molar-refractivity contribution < 1.29 is 15.0 Å². The van der Waals surface area contributed by atoms with Gasteiger partial charge >= 0.3 is 0 Å². The number of amides is 1. The van der Waals surface area contributed by atoms with E-state index in [1.54, 1.807) is 4.90 Å². The summed E-state index contributed by atoms with van der Waals surface area (Å²) in [5.41, 5.74) is 2.38. The molecule has 1 aliphatic rings. The van der Waals surface area contributed by atoms with E-state index in [1.165, 1.54) is 11.1 Å². The first-order chi connectivity index (χ1) is 13.7. The number of carbonyl (C=O) groups is 1. The van der Waals surface area contributed by atoms with Crippen LogP contribution in [0, 0.1) is 9.49 Å². The summed E-state index contributed by atoms with van der Waals surface area (Å²) in [7, 11) is 0. The van der Waals surface area contributed by atoms with Crippen molar-refractivity contribution in [3.05, 3.63) is 62.8 Å². The van der Waals surface area contributed by atoms with Crippen LogP contribution < -0.4 is 4.90 Å². The number of rotatable bonds is 9. The molecule has 0 fully saturated rings. The number of carbonyl (C=O) groups excluding carboxylic acids is 1. The van der Waals surface area contributed by atoms with E-state index in [4.69, 9.17) is 5.11 Å². The Labute approximate surface area is 188 Å². The Morgan fingerprint density at radius 2 is 1.97 bits per heavy atom. The molecular weight excluding hydrogens is 477 g/mol. The Balaban J connectivity index is 2.30. The van der Waals surface area contributed by atoms with Crippen LogP contribution >= 0.6 is 22.6 Å². The van der Waals surface area contributed by atoms with Gasteiger partial charge in [0, 0.05) is 28.2 Å². The molecule has 0 saturated heterocycles. The summed E-state index contributed by atoms with van der Waals surface area (Å²) in [6.07, 6.45) is 10.4. The van der Waals surface area contributed by atoms with Crippen molar-refractivity contribution in [1.29, 1.82) is 0 Å². The van der Waals surface area contributed by atoms with Gasteiger partial charge in [-0.15, -0.1) is 0 Å². The van der Waals surface area contributed by atoms with Crippen LogP contribution in [0.2, 0.25) is 0 Å². The average molecular weight is 509 g/mol. The van der Waals surface area contributed by atoms with Gasteiger partial charge in [-0.3, -0.25) is 4.79 Å². The van der Waals surface area contributed by atoms with Crippen molar-refractivity contribution in [2.24, 2.45) is 5.92 Å². The molecular formula is C24H32INO3. The van der Waals surface area contributed by atoms with Crippen LogP contribution in [-0.4, -0.2) is 29.3 Å². The topological polar surface area (TPSA) is 60.8 Å². The first-order valence-electron chi connectivity index (χ1n) is 10.1. The number of benzene rings is 1. The maximum atomic E-state index is 13.3. The van der Waals surface area contributed by atoms with Crippen molar-refractivity contribution in [2.45, 2.75) is 52.6 Å². The standard InChI is InChI=1S/C24H32INO3/c1-17(2)8-7-9-18(3)13-14-26-22-12-11-20(25)16-21(22)24(29,23(26)28)19(4)10-5-6-15-27/h5,8,10-13,16,19,27,29H,6-7,9,14-15H2,1-4H3/b10-5+,18-13+/t19-,24+/m1/s1. The monoisotopic (exact) mass is 509 g/mol. The highest BCUT2D eigenvalue weighted by Gasteiger charge is 2.52. The highest BCUT2D eigenvalue weighted by atomic mass is 127. The van der Waals surface area contributed by atoms with Crippen molar-refractivity contribution in [1.82, 2.24) is 0 Å². The zero-order valence-corrected chi connectivity index (χ0v) is 19.9. The number of anilines is 1. The summed E-state index contributed by atoms with van der Waals surface area (Å²) in [5.74, 6) is -0.685. The second-order valence-electron chi connectivity index (χ2n) is 7.94. The zero-order valence-electron chi connectivity index (χ0n) is 17.8. The van der Waals surface area contributed by atoms with Crippen LogP contribution in [0.5, 0.6) is 0 Å². The van der Waals surface area contributed by atoms with E-state index in [-0.39, 0.29) is 12.5 Å². The van der Waals surface area contributed by atoms with Gasteiger partial charge in [-0.2, -0.15) is 0 Å². The van der Waals surface area contributed by atoms with Crippen LogP contribution in [0.3, 0.4) is 0 Å². The largest absolute Gasteiger partial charge is 0.396 e. The molecule has 0 bridgehead atoms. The fourth-order valence-electron chi connectivity index (χ4n) is 3.55. The van der Waals surface area contributed by atoms with Gasteiger partial charge in [-0.1, -0.05) is 42.4 Å². The summed E-state index contributed by atoms with van der Waals surface area (Å²) in [5, 5.41) is 20.5. The van der Waals surface area contributed by atoms with Gasteiger partial charge in [0.15, 0.2) is 5.60 Å². The van der Waals surface area contributed by atoms with Gasteiger partial charge in [-0.05, 0) is 80.8 Å². The number of aliphatic hydroxyl groups excluding tert-OH is 1. The molecule has 1 amide bonds. The quantitative estimate of drug-likeness (QED) is 0.360. The number of hydrogen-bond acceptors (Lipinski definition) is 3. The number of halogens is 1. The molecule has 0 unspecified atom stereocenters. The molecule has 158 valence electrons. The summed E-state index contributed by atoms with van der Waals surface area (Å²) in [6, 6.07) is 5.78. The molecule has 1 heterocycles. The molecule has 2 rings (SSSR count). The maximum Gasteiger partial charge on any atom is 0.264 e. The number of nitrogens with zero attached hydrogens (tertiary/aromatic N) is 1. The van der Waals surface area contributed by atoms with E-state index in [2.05, 4.69) is 55.5 Å². The van der Waals surface area contributed by atoms with E-state index < -0.39 is 11.5 Å². The number of allylic oxidation sites excluding steroid dienone is 3. The normalized spacial score (nSPS) is 20.3. The third-order valence-electron chi connectivity index (χ3n) is 5.32. The minimum absolute atomic E-state index is 0.0486. The molecule has 2 atom stereocenters. The molecule has 1 aromatic rings. The highest BCUT2D eigenvalue weighted by Crippen LogP contribution is 2.45. The average Bonchev–Trinajstić information content (AvgIpc) is 2.88. The lowest BCUT2D eigenvalue weighted by Gasteiger charge is -2.27. The van der Waals surface area contributed by atoms with E-state index >= 15 is 0 Å². The number of hydrogen-bond donors (Lipinski definition) is 2. The molecule has 29 heavy (non-hydrogen) atoms. The molecule has 0 aliphatic carbocycles. The van der Waals surface area contributed by atoms with Crippen molar-refractivity contribution in [3.63, 3.8) is 0 Å². The lowest BCUT2D eigenvalue weighted by molar-refractivity contribution is -0.139. The van der Waals surface area contributed by atoms with Crippen LogP contribution in [0.25, 0.3) is 0 Å². The van der Waals surface area contributed by atoms with Crippen LogP contribution in [0.4, 0.5) is 5.69 Å². The van der Waals surface area contributed by atoms with Crippen LogP contribution in [0.15, 0.2) is 53.6 Å². The molecule has 0 aromatic heterocycles. The molecule has 4 nitrogen and oxygen atoms in total. The highest BCUT2D eigenvalue weighted by molar-refractivity contribution is 14.1. The third-order valence-corrected chi connectivity index (χ3v) is 6.00. The molecule has 0 saturated carbocycles. The van der Waals surface area contributed by atoms with Crippen LogP contribution in [0.1, 0.15) is 52.5 Å². The van der Waals surface area contributed by atoms with Gasteiger partial charge < -0.3 is 15.1 Å². The first-order valence-corrected chi connectivity index (χ1v) is 11.2. The molecule has 0 radical (unpaired) electrons. The van der Waals surface area contributed by atoms with Crippen molar-refractivity contribution in [3.8, 4) is 0 Å².